The molecule has 5 heteroatoms. The molecule has 140 valence electrons. The smallest absolute Gasteiger partial charge is 0.254 e. The minimum absolute atomic E-state index is 0. The Morgan fingerprint density at radius 2 is 2.00 bits per heavy atom. The van der Waals surface area contributed by atoms with E-state index in [0.29, 0.717) is 0 Å². The fraction of sp³-hybridized carbons (Fsp3) is 0.381. The number of likely N-dealkylation sites (N-methyl/N-ethyl adjacent to an activating group) is 1. The quantitative estimate of drug-likeness (QED) is 0.853. The average Bonchev–Trinajstić information content (AvgIpc) is 2.66. The largest absolute Gasteiger partial charge is 0.496 e. The van der Waals surface area contributed by atoms with Gasteiger partial charge in [0, 0.05) is 30.9 Å². The zero-order chi connectivity index (χ0) is 17.8. The van der Waals surface area contributed by atoms with Crippen molar-refractivity contribution in [2.24, 2.45) is 0 Å². The number of methoxy groups -OCH3 is 1. The first-order valence-corrected chi connectivity index (χ1v) is 8.86. The number of nitrogens with one attached hydrogen (secondary N) is 1. The summed E-state index contributed by atoms with van der Waals surface area (Å²) in [7, 11) is 3.57. The number of halogens is 1. The van der Waals surface area contributed by atoms with Crippen LogP contribution in [0.25, 0.3) is 0 Å². The Labute approximate surface area is 162 Å². The second-order valence-electron chi connectivity index (χ2n) is 6.64. The number of carbonyl (C=O) groups excluding carboxylic acids is 1. The monoisotopic (exact) mass is 374 g/mol. The molecule has 0 spiro atoms. The van der Waals surface area contributed by atoms with Gasteiger partial charge >= 0.3 is 0 Å². The van der Waals surface area contributed by atoms with Gasteiger partial charge in [-0.05, 0) is 55.5 Å². The van der Waals surface area contributed by atoms with E-state index in [4.69, 9.17) is 4.74 Å². The van der Waals surface area contributed by atoms with Crippen LogP contribution in [0.4, 0.5) is 5.69 Å². The lowest BCUT2D eigenvalue weighted by atomic mass is 9.96. The maximum atomic E-state index is 13.1. The number of nitrogens with zero attached hydrogens (tertiary/aromatic N) is 1. The van der Waals surface area contributed by atoms with E-state index in [1.807, 2.05) is 42.3 Å². The van der Waals surface area contributed by atoms with Crippen LogP contribution in [0.1, 0.15) is 34.8 Å². The summed E-state index contributed by atoms with van der Waals surface area (Å²) in [6.45, 7) is 3.06. The number of anilines is 1. The van der Waals surface area contributed by atoms with Crippen molar-refractivity contribution in [3.63, 3.8) is 0 Å². The van der Waals surface area contributed by atoms with E-state index in [1.165, 1.54) is 0 Å². The maximum Gasteiger partial charge on any atom is 0.254 e. The van der Waals surface area contributed by atoms with Crippen LogP contribution >= 0.6 is 12.4 Å². The third kappa shape index (κ3) is 4.13. The van der Waals surface area contributed by atoms with Gasteiger partial charge in [-0.3, -0.25) is 4.79 Å². The second kappa shape index (κ2) is 8.95. The Hall–Kier alpha value is -2.20. The van der Waals surface area contributed by atoms with Gasteiger partial charge in [-0.2, -0.15) is 0 Å². The van der Waals surface area contributed by atoms with Crippen molar-refractivity contribution < 1.29 is 9.53 Å². The fourth-order valence-corrected chi connectivity index (χ4v) is 3.43. The van der Waals surface area contributed by atoms with Crippen molar-refractivity contribution in [1.29, 1.82) is 0 Å². The standard InChI is InChI=1S/C21H26N2O2.ClH/c1-15(14-16-8-4-5-12-20(16)25-3)23(2)21(24)18-9-6-11-19-17(18)10-7-13-22-19;/h4-6,8-9,11-12,15,22H,7,10,13-14H2,1-3H3;1H. The molecule has 0 radical (unpaired) electrons. The molecular formula is C21H27ClN2O2. The predicted molar refractivity (Wildman–Crippen MR) is 109 cm³/mol. The van der Waals surface area contributed by atoms with Crippen molar-refractivity contribution >= 4 is 24.0 Å². The molecule has 1 atom stereocenters. The molecule has 0 fully saturated rings. The van der Waals surface area contributed by atoms with Gasteiger partial charge in [-0.1, -0.05) is 24.3 Å². The van der Waals surface area contributed by atoms with Crippen molar-refractivity contribution in [2.45, 2.75) is 32.2 Å². The predicted octanol–water partition coefficient (Wildman–Crippen LogP) is 4.18. The molecule has 1 N–H and O–H groups in total. The molecule has 1 amide bonds. The van der Waals surface area contributed by atoms with Gasteiger partial charge < -0.3 is 15.0 Å². The molecule has 0 aromatic heterocycles. The SMILES string of the molecule is COc1ccccc1CC(C)N(C)C(=O)c1cccc2c1CCCN2.Cl. The minimum Gasteiger partial charge on any atom is -0.496 e. The van der Waals surface area contributed by atoms with E-state index < -0.39 is 0 Å². The number of para-hydroxylation sites is 1. The first-order chi connectivity index (χ1) is 12.1. The average molecular weight is 375 g/mol. The van der Waals surface area contributed by atoms with Gasteiger partial charge in [0.2, 0.25) is 0 Å². The number of hydrogen-bond donors (Lipinski definition) is 1. The molecule has 0 saturated heterocycles. The highest BCUT2D eigenvalue weighted by Gasteiger charge is 2.23. The molecule has 4 nitrogen and oxygen atoms in total. The van der Waals surface area contributed by atoms with E-state index >= 15 is 0 Å². The summed E-state index contributed by atoms with van der Waals surface area (Å²) < 4.78 is 5.43. The summed E-state index contributed by atoms with van der Waals surface area (Å²) in [5, 5.41) is 3.39. The lowest BCUT2D eigenvalue weighted by molar-refractivity contribution is 0.0742. The molecule has 0 bridgehead atoms. The van der Waals surface area contributed by atoms with E-state index in [9.17, 15) is 4.79 Å². The molecule has 1 aliphatic heterocycles. The topological polar surface area (TPSA) is 41.6 Å². The van der Waals surface area contributed by atoms with Crippen LogP contribution < -0.4 is 10.1 Å². The van der Waals surface area contributed by atoms with E-state index in [0.717, 1.165) is 53.9 Å². The van der Waals surface area contributed by atoms with Crippen molar-refractivity contribution in [2.75, 3.05) is 26.0 Å². The highest BCUT2D eigenvalue weighted by Crippen LogP contribution is 2.27. The van der Waals surface area contributed by atoms with Gasteiger partial charge in [0.25, 0.3) is 5.91 Å². The van der Waals surface area contributed by atoms with Gasteiger partial charge in [0.15, 0.2) is 0 Å². The maximum absolute atomic E-state index is 13.1. The van der Waals surface area contributed by atoms with E-state index in [-0.39, 0.29) is 24.4 Å². The molecular weight excluding hydrogens is 348 g/mol. The first kappa shape index (κ1) is 20.1. The Balaban J connectivity index is 0.00000243. The van der Waals surface area contributed by atoms with Crippen LogP contribution in [0.5, 0.6) is 5.75 Å². The van der Waals surface area contributed by atoms with Crippen LogP contribution in [0.2, 0.25) is 0 Å². The Kier molecular flexibility index (Phi) is 6.92. The molecule has 2 aromatic rings. The number of fused-ring (bicyclic) bond motifs is 1. The number of amides is 1. The summed E-state index contributed by atoms with van der Waals surface area (Å²) in [5.41, 5.74) is 4.19. The molecule has 1 heterocycles. The first-order valence-electron chi connectivity index (χ1n) is 8.86. The number of rotatable bonds is 5. The van der Waals surface area contributed by atoms with Crippen LogP contribution in [-0.2, 0) is 12.8 Å². The lowest BCUT2D eigenvalue weighted by Gasteiger charge is -2.28. The molecule has 26 heavy (non-hydrogen) atoms. The Morgan fingerprint density at radius 1 is 1.23 bits per heavy atom. The summed E-state index contributed by atoms with van der Waals surface area (Å²) in [6, 6.07) is 14.0. The fourth-order valence-electron chi connectivity index (χ4n) is 3.43. The second-order valence-corrected chi connectivity index (χ2v) is 6.64. The summed E-state index contributed by atoms with van der Waals surface area (Å²) in [6.07, 6.45) is 2.79. The van der Waals surface area contributed by atoms with Crippen LogP contribution in [0.15, 0.2) is 42.5 Å². The molecule has 3 rings (SSSR count). The van der Waals surface area contributed by atoms with E-state index in [2.05, 4.69) is 24.4 Å². The molecule has 1 aliphatic rings. The van der Waals surface area contributed by atoms with Crippen LogP contribution in [0, 0.1) is 0 Å². The zero-order valence-corrected chi connectivity index (χ0v) is 16.4. The van der Waals surface area contributed by atoms with Crippen LogP contribution in [-0.4, -0.2) is 37.6 Å². The van der Waals surface area contributed by atoms with Crippen molar-refractivity contribution in [1.82, 2.24) is 4.90 Å². The third-order valence-corrected chi connectivity index (χ3v) is 5.01. The number of hydrogen-bond acceptors (Lipinski definition) is 3. The van der Waals surface area contributed by atoms with Crippen molar-refractivity contribution in [3.8, 4) is 5.75 Å². The summed E-state index contributed by atoms with van der Waals surface area (Å²) in [5.74, 6) is 0.958. The summed E-state index contributed by atoms with van der Waals surface area (Å²) in [4.78, 5) is 14.9. The zero-order valence-electron chi connectivity index (χ0n) is 15.6. The third-order valence-electron chi connectivity index (χ3n) is 5.01. The summed E-state index contributed by atoms with van der Waals surface area (Å²) >= 11 is 0. The molecule has 2 aromatic carbocycles. The van der Waals surface area contributed by atoms with Gasteiger partial charge in [-0.15, -0.1) is 12.4 Å². The minimum atomic E-state index is 0. The molecule has 1 unspecified atom stereocenters. The van der Waals surface area contributed by atoms with Crippen LogP contribution in [0.3, 0.4) is 0 Å². The number of ether oxygens (including phenoxy) is 1. The van der Waals surface area contributed by atoms with Gasteiger partial charge in [-0.25, -0.2) is 0 Å². The highest BCUT2D eigenvalue weighted by atomic mass is 35.5. The Morgan fingerprint density at radius 3 is 2.77 bits per heavy atom. The van der Waals surface area contributed by atoms with E-state index in [1.54, 1.807) is 7.11 Å². The van der Waals surface area contributed by atoms with Gasteiger partial charge in [0.1, 0.15) is 5.75 Å². The normalized spacial score (nSPS) is 13.7. The molecule has 0 saturated carbocycles. The number of benzene rings is 2. The highest BCUT2D eigenvalue weighted by molar-refractivity contribution is 5.97. The van der Waals surface area contributed by atoms with Gasteiger partial charge in [0.05, 0.1) is 7.11 Å². The van der Waals surface area contributed by atoms with Crippen molar-refractivity contribution in [3.05, 3.63) is 59.2 Å². The number of carbonyl (C=O) groups is 1. The Bertz CT molecular complexity index is 763. The molecule has 0 aliphatic carbocycles. The lowest BCUT2D eigenvalue weighted by Crippen LogP contribution is -2.37.